The van der Waals surface area contributed by atoms with Crippen LogP contribution in [0.3, 0.4) is 0 Å². The molecule has 2 rings (SSSR count). The molecule has 1 aliphatic rings. The number of hydrogen-bond donors (Lipinski definition) is 4. The highest BCUT2D eigenvalue weighted by molar-refractivity contribution is 9.10. The van der Waals surface area contributed by atoms with E-state index in [0.717, 1.165) is 23.9 Å². The van der Waals surface area contributed by atoms with E-state index in [-0.39, 0.29) is 6.10 Å². The van der Waals surface area contributed by atoms with Gasteiger partial charge < -0.3 is 10.4 Å². The molecule has 0 aliphatic heterocycles. The number of rotatable bonds is 4. The number of nitrogens with zero attached hydrogens (tertiary/aromatic N) is 2. The molecule has 1 fully saturated rings. The van der Waals surface area contributed by atoms with Crippen LogP contribution in [0.1, 0.15) is 12.8 Å². The van der Waals surface area contributed by atoms with E-state index < -0.39 is 0 Å². The standard InChI is InChI=1S/C9H14BrN5O/c10-7-4-13-9(15-11)14-8(7)12-3-5-1-6(16)2-5/h4-6,16H,1-3,11H2,(H2,12,13,14,15). The molecule has 1 aromatic rings. The van der Waals surface area contributed by atoms with Crippen LogP contribution in [0, 0.1) is 5.92 Å². The van der Waals surface area contributed by atoms with E-state index in [1.807, 2.05) is 0 Å². The number of anilines is 2. The van der Waals surface area contributed by atoms with Crippen molar-refractivity contribution in [2.24, 2.45) is 11.8 Å². The van der Waals surface area contributed by atoms with Gasteiger partial charge in [-0.05, 0) is 34.7 Å². The molecular weight excluding hydrogens is 274 g/mol. The van der Waals surface area contributed by atoms with Crippen molar-refractivity contribution in [1.29, 1.82) is 0 Å². The van der Waals surface area contributed by atoms with E-state index in [1.165, 1.54) is 0 Å². The van der Waals surface area contributed by atoms with Crippen LogP contribution in [0.15, 0.2) is 10.7 Å². The second kappa shape index (κ2) is 4.94. The van der Waals surface area contributed by atoms with Crippen molar-refractivity contribution in [3.63, 3.8) is 0 Å². The Morgan fingerprint density at radius 1 is 1.56 bits per heavy atom. The van der Waals surface area contributed by atoms with Gasteiger partial charge in [0.15, 0.2) is 0 Å². The van der Waals surface area contributed by atoms with Gasteiger partial charge in [-0.2, -0.15) is 4.98 Å². The van der Waals surface area contributed by atoms with Crippen LogP contribution in [0.25, 0.3) is 0 Å². The fourth-order valence-corrected chi connectivity index (χ4v) is 2.00. The Balaban J connectivity index is 1.92. The fourth-order valence-electron chi connectivity index (χ4n) is 1.67. The Morgan fingerprint density at radius 3 is 2.94 bits per heavy atom. The maximum Gasteiger partial charge on any atom is 0.239 e. The summed E-state index contributed by atoms with van der Waals surface area (Å²) >= 11 is 3.36. The zero-order valence-corrected chi connectivity index (χ0v) is 10.2. The molecular formula is C9H14BrN5O. The summed E-state index contributed by atoms with van der Waals surface area (Å²) in [5, 5.41) is 12.4. The maximum absolute atomic E-state index is 9.16. The molecule has 0 amide bonds. The number of aromatic nitrogens is 2. The van der Waals surface area contributed by atoms with Gasteiger partial charge in [0.2, 0.25) is 5.95 Å². The van der Waals surface area contributed by atoms with E-state index in [2.05, 4.69) is 36.6 Å². The van der Waals surface area contributed by atoms with Gasteiger partial charge in [0.1, 0.15) is 5.82 Å². The number of aliphatic hydroxyl groups excluding tert-OH is 1. The van der Waals surface area contributed by atoms with Gasteiger partial charge in [-0.1, -0.05) is 0 Å². The number of nitrogens with one attached hydrogen (secondary N) is 2. The van der Waals surface area contributed by atoms with Gasteiger partial charge >= 0.3 is 0 Å². The highest BCUT2D eigenvalue weighted by Crippen LogP contribution is 2.28. The van der Waals surface area contributed by atoms with Gasteiger partial charge in [-0.25, -0.2) is 10.8 Å². The van der Waals surface area contributed by atoms with Crippen LogP contribution in [0.4, 0.5) is 11.8 Å². The van der Waals surface area contributed by atoms with Gasteiger partial charge in [-0.15, -0.1) is 0 Å². The minimum absolute atomic E-state index is 0.123. The average molecular weight is 288 g/mol. The van der Waals surface area contributed by atoms with E-state index >= 15 is 0 Å². The lowest BCUT2D eigenvalue weighted by atomic mass is 9.82. The first-order valence-electron chi connectivity index (χ1n) is 5.10. The summed E-state index contributed by atoms with van der Waals surface area (Å²) in [5.41, 5.74) is 2.39. The number of nitrogen functional groups attached to an aromatic ring is 1. The van der Waals surface area contributed by atoms with Crippen molar-refractivity contribution < 1.29 is 5.11 Å². The minimum Gasteiger partial charge on any atom is -0.393 e. The van der Waals surface area contributed by atoms with E-state index in [0.29, 0.717) is 17.7 Å². The molecule has 0 atom stereocenters. The summed E-state index contributed by atoms with van der Waals surface area (Å²) in [6.45, 7) is 0.802. The van der Waals surface area contributed by atoms with Crippen LogP contribution in [-0.4, -0.2) is 27.7 Å². The predicted molar refractivity (Wildman–Crippen MR) is 64.8 cm³/mol. The highest BCUT2D eigenvalue weighted by atomic mass is 79.9. The molecule has 7 heteroatoms. The second-order valence-electron chi connectivity index (χ2n) is 3.91. The normalized spacial score (nSPS) is 23.7. The smallest absolute Gasteiger partial charge is 0.239 e. The van der Waals surface area contributed by atoms with Crippen LogP contribution in [0.5, 0.6) is 0 Å². The van der Waals surface area contributed by atoms with Gasteiger partial charge in [0.05, 0.1) is 10.6 Å². The molecule has 0 bridgehead atoms. The molecule has 0 saturated heterocycles. The minimum atomic E-state index is -0.123. The fraction of sp³-hybridized carbons (Fsp3) is 0.556. The molecule has 1 aromatic heterocycles. The van der Waals surface area contributed by atoms with Crippen LogP contribution < -0.4 is 16.6 Å². The van der Waals surface area contributed by atoms with Crippen LogP contribution in [-0.2, 0) is 0 Å². The number of hydrazine groups is 1. The Hall–Kier alpha value is -0.920. The third-order valence-corrected chi connectivity index (χ3v) is 3.22. The first kappa shape index (κ1) is 11.6. The zero-order valence-electron chi connectivity index (χ0n) is 8.65. The SMILES string of the molecule is NNc1ncc(Br)c(NCC2CC(O)C2)n1. The summed E-state index contributed by atoms with van der Waals surface area (Å²) in [7, 11) is 0. The molecule has 16 heavy (non-hydrogen) atoms. The summed E-state index contributed by atoms with van der Waals surface area (Å²) < 4.78 is 0.798. The molecule has 88 valence electrons. The van der Waals surface area contributed by atoms with Crippen molar-refractivity contribution >= 4 is 27.7 Å². The highest BCUT2D eigenvalue weighted by Gasteiger charge is 2.26. The van der Waals surface area contributed by atoms with Crippen molar-refractivity contribution in [3.05, 3.63) is 10.7 Å². The molecule has 1 aliphatic carbocycles. The van der Waals surface area contributed by atoms with Crippen molar-refractivity contribution in [2.75, 3.05) is 17.3 Å². The Kier molecular flexibility index (Phi) is 3.57. The molecule has 6 nitrogen and oxygen atoms in total. The van der Waals surface area contributed by atoms with Crippen LogP contribution >= 0.6 is 15.9 Å². The van der Waals surface area contributed by atoms with Gasteiger partial charge in [0.25, 0.3) is 0 Å². The second-order valence-corrected chi connectivity index (χ2v) is 4.76. The first-order valence-corrected chi connectivity index (χ1v) is 5.89. The third kappa shape index (κ3) is 2.60. The Bertz CT molecular complexity index is 369. The Labute approximate surface area is 102 Å². The van der Waals surface area contributed by atoms with Gasteiger partial charge in [-0.3, -0.25) is 5.43 Å². The van der Waals surface area contributed by atoms with E-state index in [9.17, 15) is 0 Å². The van der Waals surface area contributed by atoms with Crippen molar-refractivity contribution in [3.8, 4) is 0 Å². The van der Waals surface area contributed by atoms with Crippen molar-refractivity contribution in [2.45, 2.75) is 18.9 Å². The Morgan fingerprint density at radius 2 is 2.31 bits per heavy atom. The predicted octanol–water partition coefficient (Wildman–Crippen LogP) is 0.707. The summed E-state index contributed by atoms with van der Waals surface area (Å²) in [4.78, 5) is 8.13. The molecule has 1 heterocycles. The van der Waals surface area contributed by atoms with E-state index in [1.54, 1.807) is 6.20 Å². The molecule has 1 saturated carbocycles. The lowest BCUT2D eigenvalue weighted by Crippen LogP contribution is -2.33. The first-order chi connectivity index (χ1) is 7.69. The lowest BCUT2D eigenvalue weighted by Gasteiger charge is -2.31. The molecule has 0 radical (unpaired) electrons. The van der Waals surface area contributed by atoms with Crippen molar-refractivity contribution in [1.82, 2.24) is 9.97 Å². The van der Waals surface area contributed by atoms with Crippen LogP contribution in [0.2, 0.25) is 0 Å². The average Bonchev–Trinajstić information content (AvgIpc) is 2.25. The third-order valence-electron chi connectivity index (χ3n) is 2.64. The summed E-state index contributed by atoms with van der Waals surface area (Å²) in [6, 6.07) is 0. The lowest BCUT2D eigenvalue weighted by molar-refractivity contribution is 0.0486. The monoisotopic (exact) mass is 287 g/mol. The zero-order chi connectivity index (χ0) is 11.5. The molecule has 5 N–H and O–H groups in total. The quantitative estimate of drug-likeness (QED) is 0.481. The molecule has 0 aromatic carbocycles. The van der Waals surface area contributed by atoms with Gasteiger partial charge in [0, 0.05) is 12.7 Å². The largest absolute Gasteiger partial charge is 0.393 e. The molecule has 0 unspecified atom stereocenters. The molecule has 0 spiro atoms. The number of hydrogen-bond acceptors (Lipinski definition) is 6. The number of aliphatic hydroxyl groups is 1. The summed E-state index contributed by atoms with van der Waals surface area (Å²) in [6.07, 6.45) is 3.23. The number of nitrogens with two attached hydrogens (primary N) is 1. The number of halogens is 1. The van der Waals surface area contributed by atoms with E-state index in [4.69, 9.17) is 10.9 Å². The maximum atomic E-state index is 9.16. The topological polar surface area (TPSA) is 96.1 Å². The summed E-state index contributed by atoms with van der Waals surface area (Å²) in [5.74, 6) is 6.84.